The normalized spacial score (nSPS) is 14.3. The number of fused-ring (bicyclic) bond motifs is 1. The largest absolute Gasteiger partial charge is 0.504 e. The minimum absolute atomic E-state index is 0.0149. The van der Waals surface area contributed by atoms with E-state index in [1.165, 1.54) is 11.8 Å². The van der Waals surface area contributed by atoms with Gasteiger partial charge in [-0.25, -0.2) is 4.68 Å². The fraction of sp³-hybridized carbons (Fsp3) is 0.207. The Hall–Kier alpha value is -4.15. The molecule has 3 aromatic carbocycles. The molecule has 1 aliphatic heterocycles. The van der Waals surface area contributed by atoms with E-state index < -0.39 is 6.04 Å². The summed E-state index contributed by atoms with van der Waals surface area (Å²) < 4.78 is 12.6. The number of ether oxygens (including phenoxy) is 2. The lowest BCUT2D eigenvalue weighted by molar-refractivity contribution is -0.113. The number of aromatic hydroxyl groups is 1. The monoisotopic (exact) mass is 577 g/mol. The molecule has 1 atom stereocenters. The van der Waals surface area contributed by atoms with Crippen LogP contribution in [0, 0.1) is 0 Å². The number of nitrogens with zero attached hydrogens (tertiary/aromatic N) is 3. The van der Waals surface area contributed by atoms with Crippen molar-refractivity contribution in [1.29, 1.82) is 0 Å². The predicted octanol–water partition coefficient (Wildman–Crippen LogP) is 6.26. The number of phenols is 1. The molecular formula is C29H28ClN5O4S. The van der Waals surface area contributed by atoms with Crippen LogP contribution in [-0.2, 0) is 10.5 Å². The molecule has 3 N–H and O–H groups in total. The van der Waals surface area contributed by atoms with Gasteiger partial charge in [-0.15, -0.1) is 5.10 Å². The maximum absolute atomic E-state index is 13.8. The molecule has 5 rings (SSSR count). The standard InChI is InChI=1S/C29H28ClN5O4S/c1-4-39-24-15-19(8-13-23(24)36)26-25(27(37)32-21-9-11-22(38-3)12-10-21)17(2)31-28-33-29(34-35(26)28)40-16-18-6-5-7-20(30)14-18/h5-15,26,36H,4,16H2,1-3H3,(H,32,37)(H,31,33,34)/t26-/m0/s1. The van der Waals surface area contributed by atoms with Crippen molar-refractivity contribution in [3.63, 3.8) is 0 Å². The molecule has 0 saturated carbocycles. The van der Waals surface area contributed by atoms with Gasteiger partial charge >= 0.3 is 0 Å². The van der Waals surface area contributed by atoms with Crippen LogP contribution in [-0.4, -0.2) is 39.5 Å². The van der Waals surface area contributed by atoms with Crippen LogP contribution in [0.15, 0.2) is 83.2 Å². The van der Waals surface area contributed by atoms with E-state index in [1.807, 2.05) is 38.1 Å². The van der Waals surface area contributed by atoms with E-state index >= 15 is 0 Å². The van der Waals surface area contributed by atoms with Crippen LogP contribution < -0.4 is 20.1 Å². The Balaban J connectivity index is 1.51. The van der Waals surface area contributed by atoms with E-state index in [0.717, 1.165) is 5.56 Å². The fourth-order valence-electron chi connectivity index (χ4n) is 4.41. The van der Waals surface area contributed by atoms with Crippen molar-refractivity contribution in [3.8, 4) is 17.2 Å². The Labute approximate surface area is 241 Å². The van der Waals surface area contributed by atoms with Gasteiger partial charge in [0.05, 0.1) is 19.3 Å². The Morgan fingerprint density at radius 2 is 1.98 bits per heavy atom. The molecule has 40 heavy (non-hydrogen) atoms. The average Bonchev–Trinajstić information content (AvgIpc) is 3.35. The first-order valence-electron chi connectivity index (χ1n) is 12.6. The number of amides is 1. The minimum Gasteiger partial charge on any atom is -0.504 e. The molecule has 0 unspecified atom stereocenters. The third-order valence-electron chi connectivity index (χ3n) is 6.28. The summed E-state index contributed by atoms with van der Waals surface area (Å²) in [5.41, 5.74) is 3.46. The van der Waals surface area contributed by atoms with Crippen LogP contribution in [0.3, 0.4) is 0 Å². The van der Waals surface area contributed by atoms with Gasteiger partial charge in [-0.3, -0.25) is 4.79 Å². The highest BCUT2D eigenvalue weighted by molar-refractivity contribution is 7.98. The smallest absolute Gasteiger partial charge is 0.255 e. The van der Waals surface area contributed by atoms with Gasteiger partial charge in [0, 0.05) is 22.2 Å². The highest BCUT2D eigenvalue weighted by Crippen LogP contribution is 2.40. The van der Waals surface area contributed by atoms with Crippen molar-refractivity contribution >= 4 is 40.9 Å². The van der Waals surface area contributed by atoms with Gasteiger partial charge in [0.25, 0.3) is 5.91 Å². The fourth-order valence-corrected chi connectivity index (χ4v) is 5.40. The van der Waals surface area contributed by atoms with E-state index in [2.05, 4.69) is 10.6 Å². The molecule has 0 spiro atoms. The number of methoxy groups -OCH3 is 1. The number of carbonyl (C=O) groups excluding carboxylic acids is 1. The quantitative estimate of drug-likeness (QED) is 0.200. The summed E-state index contributed by atoms with van der Waals surface area (Å²) in [6.45, 7) is 4.05. The number of carbonyl (C=O) groups is 1. The second-order valence-corrected chi connectivity index (χ2v) is 10.4. The number of phenolic OH excluding ortho intramolecular Hbond substituents is 1. The molecule has 11 heteroatoms. The Kier molecular flexibility index (Phi) is 8.18. The number of anilines is 2. The van der Waals surface area contributed by atoms with Crippen molar-refractivity contribution in [2.75, 3.05) is 24.4 Å². The number of nitrogens with one attached hydrogen (secondary N) is 2. The van der Waals surface area contributed by atoms with Crippen molar-refractivity contribution in [2.45, 2.75) is 30.8 Å². The zero-order valence-corrected chi connectivity index (χ0v) is 23.7. The van der Waals surface area contributed by atoms with Gasteiger partial charge in [-0.05, 0) is 73.5 Å². The summed E-state index contributed by atoms with van der Waals surface area (Å²) in [6, 6.07) is 19.2. The molecule has 1 aliphatic rings. The molecule has 9 nitrogen and oxygen atoms in total. The van der Waals surface area contributed by atoms with Gasteiger partial charge in [-0.2, -0.15) is 4.98 Å². The van der Waals surface area contributed by atoms with Gasteiger partial charge in [0.1, 0.15) is 11.8 Å². The van der Waals surface area contributed by atoms with Crippen molar-refractivity contribution in [3.05, 3.63) is 94.1 Å². The molecule has 2 heterocycles. The van der Waals surface area contributed by atoms with E-state index in [0.29, 0.717) is 62.5 Å². The van der Waals surface area contributed by atoms with Gasteiger partial charge < -0.3 is 25.2 Å². The van der Waals surface area contributed by atoms with Gasteiger partial charge in [-0.1, -0.05) is 41.6 Å². The number of halogens is 1. The lowest BCUT2D eigenvalue weighted by Gasteiger charge is -2.29. The Morgan fingerprint density at radius 1 is 1.18 bits per heavy atom. The maximum atomic E-state index is 13.8. The topological polar surface area (TPSA) is 111 Å². The Bertz CT molecular complexity index is 1570. The number of benzene rings is 3. The molecule has 1 amide bonds. The zero-order chi connectivity index (χ0) is 28.2. The molecule has 206 valence electrons. The highest BCUT2D eigenvalue weighted by atomic mass is 35.5. The zero-order valence-electron chi connectivity index (χ0n) is 22.1. The van der Waals surface area contributed by atoms with Crippen molar-refractivity contribution in [1.82, 2.24) is 14.8 Å². The third kappa shape index (κ3) is 5.88. The summed E-state index contributed by atoms with van der Waals surface area (Å²) in [6.07, 6.45) is 0. The molecule has 0 saturated heterocycles. The molecule has 0 radical (unpaired) electrons. The van der Waals surface area contributed by atoms with Crippen molar-refractivity contribution < 1.29 is 19.4 Å². The van der Waals surface area contributed by atoms with Crippen LogP contribution in [0.2, 0.25) is 5.02 Å². The molecule has 0 aliphatic carbocycles. The summed E-state index contributed by atoms with van der Waals surface area (Å²) in [4.78, 5) is 18.5. The number of allylic oxidation sites excluding steroid dienone is 1. The average molecular weight is 578 g/mol. The van der Waals surface area contributed by atoms with E-state index in [-0.39, 0.29) is 11.7 Å². The van der Waals surface area contributed by atoms with Crippen LogP contribution >= 0.6 is 23.4 Å². The lowest BCUT2D eigenvalue weighted by Crippen LogP contribution is -2.31. The SMILES string of the molecule is CCOc1cc([C@H]2C(C(=O)Nc3ccc(OC)cc3)=C(C)Nc3nc(SCc4cccc(Cl)c4)nn32)ccc1O. The first kappa shape index (κ1) is 27.4. The summed E-state index contributed by atoms with van der Waals surface area (Å²) in [5.74, 6) is 1.85. The first-order valence-corrected chi connectivity index (χ1v) is 13.9. The molecule has 4 aromatic rings. The number of thioether (sulfide) groups is 1. The second kappa shape index (κ2) is 11.9. The van der Waals surface area contributed by atoms with Crippen LogP contribution in [0.4, 0.5) is 11.6 Å². The highest BCUT2D eigenvalue weighted by Gasteiger charge is 2.35. The minimum atomic E-state index is -0.637. The lowest BCUT2D eigenvalue weighted by atomic mass is 9.94. The first-order chi connectivity index (χ1) is 19.4. The molecule has 1 aromatic heterocycles. The number of aromatic nitrogens is 3. The van der Waals surface area contributed by atoms with Crippen LogP contribution in [0.25, 0.3) is 0 Å². The van der Waals surface area contributed by atoms with Crippen LogP contribution in [0.5, 0.6) is 17.2 Å². The molecule has 0 fully saturated rings. The summed E-state index contributed by atoms with van der Waals surface area (Å²) in [7, 11) is 1.59. The number of rotatable bonds is 9. The van der Waals surface area contributed by atoms with E-state index in [1.54, 1.807) is 54.3 Å². The van der Waals surface area contributed by atoms with E-state index in [4.69, 9.17) is 31.2 Å². The number of hydrogen-bond donors (Lipinski definition) is 3. The van der Waals surface area contributed by atoms with Gasteiger partial charge in [0.15, 0.2) is 11.5 Å². The number of hydrogen-bond acceptors (Lipinski definition) is 8. The van der Waals surface area contributed by atoms with Gasteiger partial charge in [0.2, 0.25) is 11.1 Å². The molecule has 0 bridgehead atoms. The molecular weight excluding hydrogens is 550 g/mol. The second-order valence-electron chi connectivity index (χ2n) is 8.99. The van der Waals surface area contributed by atoms with Crippen LogP contribution in [0.1, 0.15) is 31.0 Å². The third-order valence-corrected chi connectivity index (χ3v) is 7.43. The summed E-state index contributed by atoms with van der Waals surface area (Å²) >= 11 is 7.61. The van der Waals surface area contributed by atoms with Crippen molar-refractivity contribution in [2.24, 2.45) is 0 Å². The maximum Gasteiger partial charge on any atom is 0.255 e. The summed E-state index contributed by atoms with van der Waals surface area (Å²) in [5, 5.41) is 22.6. The Morgan fingerprint density at radius 3 is 2.70 bits per heavy atom. The van der Waals surface area contributed by atoms with E-state index in [9.17, 15) is 9.90 Å². The predicted molar refractivity (Wildman–Crippen MR) is 156 cm³/mol.